The fourth-order valence-corrected chi connectivity index (χ4v) is 2.41. The number of rotatable bonds is 4. The monoisotopic (exact) mass is 317 g/mol. The highest BCUT2D eigenvalue weighted by Gasteiger charge is 2.08. The van der Waals surface area contributed by atoms with E-state index in [-0.39, 0.29) is 0 Å². The molecule has 0 unspecified atom stereocenters. The van der Waals surface area contributed by atoms with E-state index in [0.717, 1.165) is 5.69 Å². The van der Waals surface area contributed by atoms with Gasteiger partial charge in [-0.05, 0) is 42.5 Å². The van der Waals surface area contributed by atoms with Crippen LogP contribution < -0.4 is 4.74 Å². The fraction of sp³-hybridized carbons (Fsp3) is 0.0667. The molecular weight excluding hydrogens is 306 g/mol. The Kier molecular flexibility index (Phi) is 4.03. The topological polar surface area (TPSA) is 42.8 Å². The number of para-hydroxylation sites is 1. The van der Waals surface area contributed by atoms with Gasteiger partial charge in [0.2, 0.25) is 0 Å². The van der Waals surface area contributed by atoms with Crippen LogP contribution in [-0.4, -0.2) is 14.8 Å². The Morgan fingerprint density at radius 3 is 2.71 bits per heavy atom. The molecule has 0 aliphatic heterocycles. The second kappa shape index (κ2) is 6.11. The Morgan fingerprint density at radius 1 is 1.14 bits per heavy atom. The van der Waals surface area contributed by atoms with Crippen molar-refractivity contribution in [2.45, 2.75) is 6.61 Å². The molecule has 1 N–H and O–H groups in total. The average molecular weight is 318 g/mol. The summed E-state index contributed by atoms with van der Waals surface area (Å²) in [6, 6.07) is 17.0. The van der Waals surface area contributed by atoms with Crippen molar-refractivity contribution < 1.29 is 4.74 Å². The van der Waals surface area contributed by atoms with Crippen molar-refractivity contribution in [3.63, 3.8) is 0 Å². The first-order chi connectivity index (χ1) is 10.2. The van der Waals surface area contributed by atoms with Crippen LogP contribution in [0.25, 0.3) is 5.69 Å². The van der Waals surface area contributed by atoms with Gasteiger partial charge in [-0.25, -0.2) is 0 Å². The molecule has 3 rings (SSSR count). The molecule has 0 fully saturated rings. The van der Waals surface area contributed by atoms with E-state index in [4.69, 9.17) is 28.6 Å². The summed E-state index contributed by atoms with van der Waals surface area (Å²) in [6.45, 7) is 0.294. The number of hydrogen-bond acceptors (Lipinski definition) is 3. The normalized spacial score (nSPS) is 10.5. The van der Waals surface area contributed by atoms with Gasteiger partial charge >= 0.3 is 0 Å². The van der Waals surface area contributed by atoms with Crippen molar-refractivity contribution in [2.24, 2.45) is 0 Å². The maximum absolute atomic E-state index is 5.93. The van der Waals surface area contributed by atoms with Crippen LogP contribution in [0.1, 0.15) is 5.82 Å². The van der Waals surface area contributed by atoms with E-state index in [2.05, 4.69) is 10.2 Å². The van der Waals surface area contributed by atoms with E-state index < -0.39 is 0 Å². The third-order valence-electron chi connectivity index (χ3n) is 2.92. The van der Waals surface area contributed by atoms with Gasteiger partial charge in [-0.1, -0.05) is 35.9 Å². The van der Waals surface area contributed by atoms with Gasteiger partial charge in [-0.15, -0.1) is 0 Å². The summed E-state index contributed by atoms with van der Waals surface area (Å²) < 4.78 is 8.09. The van der Waals surface area contributed by atoms with Crippen LogP contribution >= 0.6 is 23.8 Å². The van der Waals surface area contributed by atoms with Crippen molar-refractivity contribution in [2.75, 3.05) is 0 Å². The molecule has 3 aromatic rings. The lowest BCUT2D eigenvalue weighted by Crippen LogP contribution is -2.05. The SMILES string of the molecule is S=c1[nH]nc(COc2cccc(Cl)c2)n1-c1ccccc1. The minimum atomic E-state index is 0.294. The second-order valence-corrected chi connectivity index (χ2v) is 5.19. The molecule has 0 bridgehead atoms. The molecule has 2 aromatic carbocycles. The zero-order valence-corrected chi connectivity index (χ0v) is 12.6. The largest absolute Gasteiger partial charge is 0.486 e. The van der Waals surface area contributed by atoms with Gasteiger partial charge in [0.15, 0.2) is 10.6 Å². The van der Waals surface area contributed by atoms with Crippen molar-refractivity contribution >= 4 is 23.8 Å². The summed E-state index contributed by atoms with van der Waals surface area (Å²) in [4.78, 5) is 0. The summed E-state index contributed by atoms with van der Waals surface area (Å²) in [6.07, 6.45) is 0. The van der Waals surface area contributed by atoms with E-state index in [1.54, 1.807) is 12.1 Å². The molecule has 0 saturated heterocycles. The van der Waals surface area contributed by atoms with Crippen LogP contribution in [0.15, 0.2) is 54.6 Å². The average Bonchev–Trinajstić information content (AvgIpc) is 2.87. The molecule has 0 aliphatic rings. The first-order valence-corrected chi connectivity index (χ1v) is 7.13. The third kappa shape index (κ3) is 3.15. The van der Waals surface area contributed by atoms with E-state index in [1.807, 2.05) is 47.0 Å². The molecule has 1 heterocycles. The summed E-state index contributed by atoms with van der Waals surface area (Å²) in [5.74, 6) is 1.39. The lowest BCUT2D eigenvalue weighted by atomic mass is 10.3. The number of ether oxygens (including phenoxy) is 1. The predicted molar refractivity (Wildman–Crippen MR) is 84.5 cm³/mol. The van der Waals surface area contributed by atoms with Gasteiger partial charge < -0.3 is 4.74 Å². The van der Waals surface area contributed by atoms with Gasteiger partial charge in [-0.2, -0.15) is 5.10 Å². The number of nitrogens with one attached hydrogen (secondary N) is 1. The van der Waals surface area contributed by atoms with Crippen molar-refractivity contribution in [3.8, 4) is 11.4 Å². The first-order valence-electron chi connectivity index (χ1n) is 6.34. The molecule has 0 spiro atoms. The zero-order valence-electron chi connectivity index (χ0n) is 11.0. The van der Waals surface area contributed by atoms with E-state index in [9.17, 15) is 0 Å². The predicted octanol–water partition coefficient (Wildman–Crippen LogP) is 4.16. The number of aromatic nitrogens is 3. The van der Waals surface area contributed by atoms with Gasteiger partial charge in [0, 0.05) is 10.7 Å². The Hall–Kier alpha value is -2.11. The molecule has 1 aromatic heterocycles. The number of aromatic amines is 1. The summed E-state index contributed by atoms with van der Waals surface area (Å²) in [7, 11) is 0. The molecule has 21 heavy (non-hydrogen) atoms. The highest BCUT2D eigenvalue weighted by molar-refractivity contribution is 7.71. The van der Waals surface area contributed by atoms with Gasteiger partial charge in [-0.3, -0.25) is 9.67 Å². The Bertz CT molecular complexity index is 798. The molecule has 0 saturated carbocycles. The van der Waals surface area contributed by atoms with Gasteiger partial charge in [0.1, 0.15) is 12.4 Å². The van der Waals surface area contributed by atoms with E-state index >= 15 is 0 Å². The van der Waals surface area contributed by atoms with Crippen molar-refractivity contribution in [1.29, 1.82) is 0 Å². The molecule has 0 amide bonds. The van der Waals surface area contributed by atoms with E-state index in [1.165, 1.54) is 0 Å². The minimum absolute atomic E-state index is 0.294. The van der Waals surface area contributed by atoms with Crippen LogP contribution in [-0.2, 0) is 6.61 Å². The van der Waals surface area contributed by atoms with Crippen molar-refractivity contribution in [3.05, 3.63) is 70.2 Å². The summed E-state index contributed by atoms with van der Waals surface area (Å²) in [5, 5.41) is 7.64. The molecule has 0 radical (unpaired) electrons. The maximum Gasteiger partial charge on any atom is 0.199 e. The molecular formula is C15H12ClN3OS. The molecule has 106 valence electrons. The molecule has 0 aliphatic carbocycles. The summed E-state index contributed by atoms with van der Waals surface area (Å²) >= 11 is 11.2. The first kappa shape index (κ1) is 13.9. The molecule has 0 atom stereocenters. The second-order valence-electron chi connectivity index (χ2n) is 4.36. The highest BCUT2D eigenvalue weighted by Crippen LogP contribution is 2.19. The van der Waals surface area contributed by atoms with Crippen molar-refractivity contribution in [1.82, 2.24) is 14.8 Å². The fourth-order valence-electron chi connectivity index (χ4n) is 1.97. The zero-order chi connectivity index (χ0) is 14.7. The number of halogens is 1. The number of hydrogen-bond donors (Lipinski definition) is 1. The van der Waals surface area contributed by atoms with Crippen LogP contribution in [0.4, 0.5) is 0 Å². The highest BCUT2D eigenvalue weighted by atomic mass is 35.5. The Balaban J connectivity index is 1.86. The number of H-pyrrole nitrogens is 1. The standard InChI is InChI=1S/C15H12ClN3OS/c16-11-5-4-8-13(9-11)20-10-14-17-18-15(21)19(14)12-6-2-1-3-7-12/h1-9H,10H2,(H,18,21). The Labute approximate surface area is 132 Å². The number of benzene rings is 2. The van der Waals surface area contributed by atoms with Gasteiger partial charge in [0.05, 0.1) is 0 Å². The van der Waals surface area contributed by atoms with Crippen LogP contribution in [0.5, 0.6) is 5.75 Å². The van der Waals surface area contributed by atoms with Gasteiger partial charge in [0.25, 0.3) is 0 Å². The van der Waals surface area contributed by atoms with Crippen LogP contribution in [0.2, 0.25) is 5.02 Å². The molecule has 6 heteroatoms. The quantitative estimate of drug-likeness (QED) is 0.735. The maximum atomic E-state index is 5.93. The smallest absolute Gasteiger partial charge is 0.199 e. The lowest BCUT2D eigenvalue weighted by molar-refractivity contribution is 0.293. The minimum Gasteiger partial charge on any atom is -0.486 e. The number of nitrogens with zero attached hydrogens (tertiary/aromatic N) is 2. The third-order valence-corrected chi connectivity index (χ3v) is 3.43. The van der Waals surface area contributed by atoms with Crippen LogP contribution in [0, 0.1) is 4.77 Å². The summed E-state index contributed by atoms with van der Waals surface area (Å²) in [5.41, 5.74) is 0.945. The lowest BCUT2D eigenvalue weighted by Gasteiger charge is -2.08. The van der Waals surface area contributed by atoms with E-state index in [0.29, 0.717) is 28.0 Å². The van der Waals surface area contributed by atoms with Crippen LogP contribution in [0.3, 0.4) is 0 Å². The molecule has 4 nitrogen and oxygen atoms in total. The Morgan fingerprint density at radius 2 is 1.95 bits per heavy atom.